The quantitative estimate of drug-likeness (QED) is 0.388. The van der Waals surface area contributed by atoms with Gasteiger partial charge in [-0.15, -0.1) is 0 Å². The highest BCUT2D eigenvalue weighted by Crippen LogP contribution is 2.38. The smallest absolute Gasteiger partial charge is 0.227 e. The van der Waals surface area contributed by atoms with E-state index < -0.39 is 5.41 Å². The summed E-state index contributed by atoms with van der Waals surface area (Å²) in [6.45, 7) is 6.13. The Labute approximate surface area is 221 Å². The predicted octanol–water partition coefficient (Wildman–Crippen LogP) is 2.87. The van der Waals surface area contributed by atoms with Gasteiger partial charge in [0.2, 0.25) is 5.95 Å². The van der Waals surface area contributed by atoms with E-state index in [0.29, 0.717) is 74.8 Å². The molecule has 11 heteroatoms. The number of likely N-dealkylation sites (N-methyl/N-ethyl adjacent to an activating group) is 1. The number of aliphatic hydroxyl groups excluding tert-OH is 1. The van der Waals surface area contributed by atoms with Crippen molar-refractivity contribution in [3.8, 4) is 17.0 Å². The second-order valence-corrected chi connectivity index (χ2v) is 10.1. The van der Waals surface area contributed by atoms with Crippen LogP contribution in [0.2, 0.25) is 0 Å². The zero-order valence-corrected chi connectivity index (χ0v) is 22.0. The van der Waals surface area contributed by atoms with Gasteiger partial charge in [0, 0.05) is 67.2 Å². The third kappa shape index (κ3) is 5.50. The summed E-state index contributed by atoms with van der Waals surface area (Å²) in [5.74, 6) is 1.24. The number of morpholine rings is 1. The molecule has 2 aromatic heterocycles. The molecule has 1 unspecified atom stereocenters. The lowest BCUT2D eigenvalue weighted by Crippen LogP contribution is -2.36. The molecule has 0 radical (unpaired) electrons. The van der Waals surface area contributed by atoms with Crippen LogP contribution in [0.1, 0.15) is 12.5 Å². The molecule has 0 amide bonds. The Hall–Kier alpha value is -3.54. The Morgan fingerprint density at radius 1 is 1.24 bits per heavy atom. The van der Waals surface area contributed by atoms with Crippen LogP contribution in [0.4, 0.5) is 27.5 Å². The maximum absolute atomic E-state index is 15.3. The number of aliphatic hydroxyl groups is 1. The fourth-order valence-electron chi connectivity index (χ4n) is 4.57. The lowest BCUT2D eigenvalue weighted by Gasteiger charge is -2.30. The summed E-state index contributed by atoms with van der Waals surface area (Å²) in [6.07, 6.45) is 3.39. The number of aromatic nitrogens is 3. The standard InChI is InChI=1S/C27H34FN7O3/c1-27(17-36)16-31-25-19(27)12-18(15-30-25)21-4-5-29-26(32-21)33-22-13-20(28)23(35-7-9-37-10-8-35)14-24(22)38-11-6-34(2)3/h4-5,12-15,36H,6-11,16-17H2,1-3H3,(H,30,31)(H,29,32,33). The Kier molecular flexibility index (Phi) is 7.59. The first-order valence-corrected chi connectivity index (χ1v) is 12.8. The topological polar surface area (TPSA) is 108 Å². The molecule has 10 nitrogen and oxygen atoms in total. The Bertz CT molecular complexity index is 1290. The molecule has 1 saturated heterocycles. The van der Waals surface area contributed by atoms with E-state index in [1.165, 1.54) is 6.07 Å². The molecule has 3 N–H and O–H groups in total. The normalized spacial score (nSPS) is 18.8. The van der Waals surface area contributed by atoms with Gasteiger partial charge in [0.25, 0.3) is 0 Å². The minimum absolute atomic E-state index is 0.0112. The maximum Gasteiger partial charge on any atom is 0.227 e. The van der Waals surface area contributed by atoms with Crippen LogP contribution in [0.5, 0.6) is 5.75 Å². The van der Waals surface area contributed by atoms with Crippen LogP contribution >= 0.6 is 0 Å². The summed E-state index contributed by atoms with van der Waals surface area (Å²) in [6, 6.07) is 6.96. The van der Waals surface area contributed by atoms with Crippen LogP contribution in [-0.4, -0.2) is 91.7 Å². The monoisotopic (exact) mass is 523 g/mol. The molecule has 0 spiro atoms. The number of hydrogen-bond donors (Lipinski definition) is 3. The summed E-state index contributed by atoms with van der Waals surface area (Å²) in [5, 5.41) is 16.3. The number of halogens is 1. The predicted molar refractivity (Wildman–Crippen MR) is 145 cm³/mol. The van der Waals surface area contributed by atoms with E-state index in [4.69, 9.17) is 9.47 Å². The fraction of sp³-hybridized carbons (Fsp3) is 0.444. The molecule has 1 aromatic carbocycles. The van der Waals surface area contributed by atoms with Gasteiger partial charge < -0.3 is 35.0 Å². The number of benzene rings is 1. The van der Waals surface area contributed by atoms with Crippen molar-refractivity contribution >= 4 is 23.1 Å². The minimum atomic E-state index is -0.412. The molecule has 38 heavy (non-hydrogen) atoms. The van der Waals surface area contributed by atoms with E-state index in [2.05, 4.69) is 25.6 Å². The molecule has 0 saturated carbocycles. The fourth-order valence-corrected chi connectivity index (χ4v) is 4.57. The lowest BCUT2D eigenvalue weighted by atomic mass is 9.85. The molecule has 2 aliphatic rings. The van der Waals surface area contributed by atoms with Crippen LogP contribution in [0.3, 0.4) is 0 Å². The largest absolute Gasteiger partial charge is 0.490 e. The minimum Gasteiger partial charge on any atom is -0.490 e. The molecule has 3 aromatic rings. The first-order chi connectivity index (χ1) is 18.4. The van der Waals surface area contributed by atoms with Crippen molar-refractivity contribution in [2.45, 2.75) is 12.3 Å². The van der Waals surface area contributed by atoms with Gasteiger partial charge in [0.1, 0.15) is 24.0 Å². The van der Waals surface area contributed by atoms with Crippen molar-refractivity contribution in [2.24, 2.45) is 0 Å². The van der Waals surface area contributed by atoms with E-state index in [-0.39, 0.29) is 12.4 Å². The van der Waals surface area contributed by atoms with E-state index in [1.807, 2.05) is 36.9 Å². The molecule has 0 bridgehead atoms. The van der Waals surface area contributed by atoms with Gasteiger partial charge in [-0.25, -0.2) is 19.3 Å². The third-order valence-corrected chi connectivity index (χ3v) is 6.93. The van der Waals surface area contributed by atoms with E-state index >= 15 is 4.39 Å². The van der Waals surface area contributed by atoms with E-state index in [0.717, 1.165) is 16.9 Å². The highest BCUT2D eigenvalue weighted by atomic mass is 19.1. The van der Waals surface area contributed by atoms with Crippen LogP contribution in [0.15, 0.2) is 36.7 Å². The number of nitrogens with one attached hydrogen (secondary N) is 2. The van der Waals surface area contributed by atoms with Gasteiger partial charge in [0.15, 0.2) is 0 Å². The molecule has 1 fully saturated rings. The molecule has 1 atom stereocenters. The first-order valence-electron chi connectivity index (χ1n) is 12.8. The maximum atomic E-state index is 15.3. The van der Waals surface area contributed by atoms with Gasteiger partial charge in [-0.05, 0) is 26.2 Å². The zero-order valence-electron chi connectivity index (χ0n) is 22.0. The van der Waals surface area contributed by atoms with Crippen molar-refractivity contribution in [3.05, 3.63) is 48.0 Å². The van der Waals surface area contributed by atoms with Gasteiger partial charge in [-0.2, -0.15) is 0 Å². The molecule has 5 rings (SSSR count). The number of pyridine rings is 1. The summed E-state index contributed by atoms with van der Waals surface area (Å²) in [7, 11) is 3.94. The van der Waals surface area contributed by atoms with Gasteiger partial charge in [0.05, 0.1) is 36.9 Å². The van der Waals surface area contributed by atoms with Gasteiger partial charge >= 0.3 is 0 Å². The molecule has 4 heterocycles. The third-order valence-electron chi connectivity index (χ3n) is 6.93. The van der Waals surface area contributed by atoms with Crippen molar-refractivity contribution < 1.29 is 19.0 Å². The summed E-state index contributed by atoms with van der Waals surface area (Å²) < 4.78 is 26.8. The number of rotatable bonds is 9. The molecule has 202 valence electrons. The number of anilines is 4. The van der Waals surface area contributed by atoms with Crippen molar-refractivity contribution in [1.29, 1.82) is 0 Å². The van der Waals surface area contributed by atoms with Crippen molar-refractivity contribution in [2.75, 3.05) is 82.2 Å². The Balaban J connectivity index is 1.43. The van der Waals surface area contributed by atoms with Gasteiger partial charge in [-0.1, -0.05) is 6.92 Å². The lowest BCUT2D eigenvalue weighted by molar-refractivity contribution is 0.122. The van der Waals surface area contributed by atoms with Crippen LogP contribution in [-0.2, 0) is 10.2 Å². The van der Waals surface area contributed by atoms with Crippen LogP contribution in [0, 0.1) is 5.82 Å². The summed E-state index contributed by atoms with van der Waals surface area (Å²) in [5.41, 5.74) is 2.92. The van der Waals surface area contributed by atoms with Crippen LogP contribution in [0.25, 0.3) is 11.3 Å². The first kappa shape index (κ1) is 26.1. The summed E-state index contributed by atoms with van der Waals surface area (Å²) >= 11 is 0. The van der Waals surface area contributed by atoms with E-state index in [1.54, 1.807) is 24.5 Å². The molecular formula is C27H34FN7O3. The number of nitrogens with zero attached hydrogens (tertiary/aromatic N) is 5. The van der Waals surface area contributed by atoms with Crippen LogP contribution < -0.4 is 20.3 Å². The summed E-state index contributed by atoms with van der Waals surface area (Å²) in [4.78, 5) is 17.6. The number of fused-ring (bicyclic) bond motifs is 1. The van der Waals surface area contributed by atoms with E-state index in [9.17, 15) is 5.11 Å². The number of hydrogen-bond acceptors (Lipinski definition) is 10. The van der Waals surface area contributed by atoms with Crippen molar-refractivity contribution in [1.82, 2.24) is 19.9 Å². The Morgan fingerprint density at radius 2 is 2.05 bits per heavy atom. The second kappa shape index (κ2) is 11.1. The zero-order chi connectivity index (χ0) is 26.7. The SMILES string of the molecule is CN(C)CCOc1cc(N2CCOCC2)c(F)cc1Nc1nccc(-c2cnc3c(c2)C(C)(CO)CN3)n1. The highest BCUT2D eigenvalue weighted by Gasteiger charge is 2.35. The van der Waals surface area contributed by atoms with Crippen molar-refractivity contribution in [3.63, 3.8) is 0 Å². The highest BCUT2D eigenvalue weighted by molar-refractivity contribution is 5.71. The van der Waals surface area contributed by atoms with Gasteiger partial charge in [-0.3, -0.25) is 0 Å². The Morgan fingerprint density at radius 3 is 2.82 bits per heavy atom. The molecule has 2 aliphatic heterocycles. The number of ether oxygens (including phenoxy) is 2. The second-order valence-electron chi connectivity index (χ2n) is 10.1. The average molecular weight is 524 g/mol. The average Bonchev–Trinajstić information content (AvgIpc) is 3.26. The molecular weight excluding hydrogens is 489 g/mol. The molecule has 0 aliphatic carbocycles.